The maximum absolute atomic E-state index is 11.6. The molecule has 4 N–H and O–H groups in total. The smallest absolute Gasteiger partial charge is 0.239 e. The Balaban J connectivity index is 1.84. The summed E-state index contributed by atoms with van der Waals surface area (Å²) >= 11 is 6.00. The first kappa shape index (κ1) is 14.8. The Hall–Kier alpha value is -1.59. The first-order chi connectivity index (χ1) is 9.55. The van der Waals surface area contributed by atoms with Crippen LogP contribution < -0.4 is 16.4 Å². The number of rotatable bonds is 6. The Morgan fingerprint density at radius 1 is 1.25 bits per heavy atom. The van der Waals surface area contributed by atoms with Crippen molar-refractivity contribution in [3.05, 3.63) is 34.9 Å². The molecule has 1 aromatic carbocycles. The lowest BCUT2D eigenvalue weighted by molar-refractivity contribution is -0.125. The van der Waals surface area contributed by atoms with Crippen molar-refractivity contribution in [2.45, 2.75) is 18.3 Å². The van der Waals surface area contributed by atoms with E-state index in [4.69, 9.17) is 17.3 Å². The highest BCUT2D eigenvalue weighted by Gasteiger charge is 2.44. The molecule has 0 aromatic heterocycles. The predicted octanol–water partition coefficient (Wildman–Crippen LogP) is 0.563. The largest absolute Gasteiger partial charge is 0.354 e. The fourth-order valence-corrected chi connectivity index (χ4v) is 2.31. The van der Waals surface area contributed by atoms with Crippen LogP contribution in [0.2, 0.25) is 5.02 Å². The molecule has 0 radical (unpaired) electrons. The highest BCUT2D eigenvalue weighted by Crippen LogP contribution is 2.48. The van der Waals surface area contributed by atoms with Crippen molar-refractivity contribution < 1.29 is 9.59 Å². The van der Waals surface area contributed by atoms with Crippen molar-refractivity contribution >= 4 is 23.4 Å². The molecule has 0 saturated heterocycles. The van der Waals surface area contributed by atoms with E-state index < -0.39 is 0 Å². The lowest BCUT2D eigenvalue weighted by atomic mass is 9.96. The van der Waals surface area contributed by atoms with Crippen LogP contribution in [0.5, 0.6) is 0 Å². The van der Waals surface area contributed by atoms with Crippen LogP contribution in [-0.2, 0) is 15.0 Å². The quantitative estimate of drug-likeness (QED) is 0.717. The lowest BCUT2D eigenvalue weighted by Gasteiger charge is -2.17. The van der Waals surface area contributed by atoms with Gasteiger partial charge in [-0.25, -0.2) is 0 Å². The van der Waals surface area contributed by atoms with Crippen LogP contribution in [0.15, 0.2) is 24.3 Å². The number of halogens is 1. The molecule has 0 spiro atoms. The van der Waals surface area contributed by atoms with E-state index in [1.807, 2.05) is 24.3 Å². The molecule has 2 amide bonds. The molecule has 5 nitrogen and oxygen atoms in total. The normalized spacial score (nSPS) is 15.5. The second kappa shape index (κ2) is 6.24. The average molecular weight is 296 g/mol. The molecule has 6 heteroatoms. The zero-order valence-electron chi connectivity index (χ0n) is 11.1. The average Bonchev–Trinajstić information content (AvgIpc) is 3.23. The van der Waals surface area contributed by atoms with Crippen molar-refractivity contribution in [2.24, 2.45) is 5.73 Å². The SMILES string of the molecule is NCC(=O)NCC(=O)NCC1(c2cccc(Cl)c2)CC1. The second-order valence-corrected chi connectivity index (χ2v) is 5.48. The highest BCUT2D eigenvalue weighted by molar-refractivity contribution is 6.30. The van der Waals surface area contributed by atoms with Gasteiger partial charge in [0.05, 0.1) is 13.1 Å². The van der Waals surface area contributed by atoms with Crippen LogP contribution in [-0.4, -0.2) is 31.4 Å². The Labute approximate surface area is 122 Å². The van der Waals surface area contributed by atoms with Gasteiger partial charge in [0, 0.05) is 17.0 Å². The third kappa shape index (κ3) is 3.71. The maximum atomic E-state index is 11.6. The van der Waals surface area contributed by atoms with Gasteiger partial charge in [0.2, 0.25) is 11.8 Å². The van der Waals surface area contributed by atoms with E-state index >= 15 is 0 Å². The standard InChI is InChI=1S/C14H18ClN3O2/c15-11-3-1-2-10(6-11)14(4-5-14)9-18-13(20)8-17-12(19)7-16/h1-3,6H,4-5,7-9,16H2,(H,17,19)(H,18,20). The number of hydrogen-bond acceptors (Lipinski definition) is 3. The van der Waals surface area contributed by atoms with Crippen LogP contribution in [0.4, 0.5) is 0 Å². The van der Waals surface area contributed by atoms with E-state index in [1.54, 1.807) is 0 Å². The van der Waals surface area contributed by atoms with E-state index in [0.717, 1.165) is 18.4 Å². The van der Waals surface area contributed by atoms with Gasteiger partial charge in [0.15, 0.2) is 0 Å². The number of amides is 2. The number of nitrogens with one attached hydrogen (secondary N) is 2. The molecule has 1 aromatic rings. The molecule has 2 rings (SSSR count). The summed E-state index contributed by atoms with van der Waals surface area (Å²) in [6.07, 6.45) is 2.06. The van der Waals surface area contributed by atoms with Gasteiger partial charge in [-0.1, -0.05) is 23.7 Å². The highest BCUT2D eigenvalue weighted by atomic mass is 35.5. The molecule has 108 valence electrons. The van der Waals surface area contributed by atoms with Crippen molar-refractivity contribution in [1.29, 1.82) is 0 Å². The van der Waals surface area contributed by atoms with Gasteiger partial charge in [-0.15, -0.1) is 0 Å². The monoisotopic (exact) mass is 295 g/mol. The van der Waals surface area contributed by atoms with Crippen LogP contribution >= 0.6 is 11.6 Å². The van der Waals surface area contributed by atoms with E-state index in [-0.39, 0.29) is 30.3 Å². The summed E-state index contributed by atoms with van der Waals surface area (Å²) in [5.74, 6) is -0.545. The third-order valence-corrected chi connectivity index (χ3v) is 3.78. The Kier molecular flexibility index (Phi) is 4.62. The Morgan fingerprint density at radius 2 is 2.00 bits per heavy atom. The summed E-state index contributed by atoms with van der Waals surface area (Å²) in [6.45, 7) is 0.409. The predicted molar refractivity (Wildman–Crippen MR) is 77.4 cm³/mol. The third-order valence-electron chi connectivity index (χ3n) is 3.55. The summed E-state index contributed by atoms with van der Waals surface area (Å²) in [5.41, 5.74) is 6.29. The van der Waals surface area contributed by atoms with Crippen molar-refractivity contribution in [3.63, 3.8) is 0 Å². The van der Waals surface area contributed by atoms with Crippen LogP contribution in [0, 0.1) is 0 Å². The summed E-state index contributed by atoms with van der Waals surface area (Å²) < 4.78 is 0. The van der Waals surface area contributed by atoms with Gasteiger partial charge in [0.25, 0.3) is 0 Å². The lowest BCUT2D eigenvalue weighted by Crippen LogP contribution is -2.41. The molecule has 0 bridgehead atoms. The van der Waals surface area contributed by atoms with Gasteiger partial charge in [-0.3, -0.25) is 9.59 Å². The molecule has 20 heavy (non-hydrogen) atoms. The van der Waals surface area contributed by atoms with Crippen molar-refractivity contribution in [2.75, 3.05) is 19.6 Å². The van der Waals surface area contributed by atoms with Crippen molar-refractivity contribution in [1.82, 2.24) is 10.6 Å². The molecule has 1 saturated carbocycles. The molecule has 0 aliphatic heterocycles. The van der Waals surface area contributed by atoms with E-state index in [9.17, 15) is 9.59 Å². The molecule has 0 unspecified atom stereocenters. The number of benzene rings is 1. The molecule has 1 fully saturated rings. The second-order valence-electron chi connectivity index (χ2n) is 5.05. The Bertz CT molecular complexity index is 515. The van der Waals surface area contributed by atoms with Crippen LogP contribution in [0.3, 0.4) is 0 Å². The summed E-state index contributed by atoms with van der Waals surface area (Å²) in [7, 11) is 0. The summed E-state index contributed by atoms with van der Waals surface area (Å²) in [4.78, 5) is 22.6. The molecular weight excluding hydrogens is 278 g/mol. The minimum atomic E-state index is -0.337. The number of carbonyl (C=O) groups is 2. The Morgan fingerprint density at radius 3 is 2.60 bits per heavy atom. The van der Waals surface area contributed by atoms with Gasteiger partial charge in [0.1, 0.15) is 0 Å². The van der Waals surface area contributed by atoms with Crippen LogP contribution in [0.25, 0.3) is 0 Å². The topological polar surface area (TPSA) is 84.2 Å². The molecule has 0 heterocycles. The minimum absolute atomic E-state index is 0.00155. The molecule has 1 aliphatic carbocycles. The molecular formula is C14H18ClN3O2. The van der Waals surface area contributed by atoms with E-state index in [1.165, 1.54) is 0 Å². The fourth-order valence-electron chi connectivity index (χ4n) is 2.12. The van der Waals surface area contributed by atoms with Gasteiger partial charge < -0.3 is 16.4 Å². The van der Waals surface area contributed by atoms with E-state index in [0.29, 0.717) is 11.6 Å². The number of nitrogens with two attached hydrogens (primary N) is 1. The van der Waals surface area contributed by atoms with Gasteiger partial charge >= 0.3 is 0 Å². The first-order valence-electron chi connectivity index (χ1n) is 6.55. The first-order valence-corrected chi connectivity index (χ1v) is 6.93. The van der Waals surface area contributed by atoms with E-state index in [2.05, 4.69) is 10.6 Å². The number of hydrogen-bond donors (Lipinski definition) is 3. The minimum Gasteiger partial charge on any atom is -0.354 e. The van der Waals surface area contributed by atoms with Crippen LogP contribution in [0.1, 0.15) is 18.4 Å². The number of carbonyl (C=O) groups excluding carboxylic acids is 2. The zero-order chi connectivity index (χ0) is 14.6. The maximum Gasteiger partial charge on any atom is 0.239 e. The fraction of sp³-hybridized carbons (Fsp3) is 0.429. The zero-order valence-corrected chi connectivity index (χ0v) is 11.9. The summed E-state index contributed by atoms with van der Waals surface area (Å²) in [6, 6.07) is 7.72. The summed E-state index contributed by atoms with van der Waals surface area (Å²) in [5, 5.41) is 5.99. The molecule has 1 aliphatic rings. The van der Waals surface area contributed by atoms with Gasteiger partial charge in [-0.2, -0.15) is 0 Å². The van der Waals surface area contributed by atoms with Crippen molar-refractivity contribution in [3.8, 4) is 0 Å². The molecule has 0 atom stereocenters. The van der Waals surface area contributed by atoms with Gasteiger partial charge in [-0.05, 0) is 30.5 Å².